The van der Waals surface area contributed by atoms with Crippen LogP contribution in [0.5, 0.6) is 5.75 Å². The second kappa shape index (κ2) is 9.07. The molecule has 142 valence electrons. The fourth-order valence-electron chi connectivity index (χ4n) is 3.14. The van der Waals surface area contributed by atoms with Gasteiger partial charge < -0.3 is 20.3 Å². The number of amides is 3. The molecule has 2 aromatic rings. The van der Waals surface area contributed by atoms with Crippen molar-refractivity contribution in [2.24, 2.45) is 5.92 Å². The fourth-order valence-corrected chi connectivity index (χ4v) is 3.14. The van der Waals surface area contributed by atoms with Gasteiger partial charge in [0.25, 0.3) is 0 Å². The van der Waals surface area contributed by atoms with Gasteiger partial charge >= 0.3 is 6.03 Å². The molecule has 3 amide bonds. The number of para-hydroxylation sites is 1. The molecule has 3 rings (SSSR count). The number of rotatable bonds is 5. The Hall–Kier alpha value is -3.02. The third kappa shape index (κ3) is 5.23. The molecule has 0 atom stereocenters. The SMILES string of the molecule is COc1ccc(CNC(=O)N2CCC(C(=O)Nc3ccccc3)CC2)cc1. The molecule has 0 spiro atoms. The summed E-state index contributed by atoms with van der Waals surface area (Å²) in [6, 6.07) is 17.0. The van der Waals surface area contributed by atoms with Gasteiger partial charge in [-0.2, -0.15) is 0 Å². The van der Waals surface area contributed by atoms with E-state index in [1.807, 2.05) is 54.6 Å². The molecule has 2 aromatic carbocycles. The third-order valence-corrected chi connectivity index (χ3v) is 4.80. The Morgan fingerprint density at radius 1 is 1.04 bits per heavy atom. The maximum absolute atomic E-state index is 12.4. The van der Waals surface area contributed by atoms with E-state index in [-0.39, 0.29) is 17.9 Å². The molecule has 1 aliphatic rings. The van der Waals surface area contributed by atoms with Crippen molar-refractivity contribution in [2.75, 3.05) is 25.5 Å². The number of nitrogens with zero attached hydrogens (tertiary/aromatic N) is 1. The van der Waals surface area contributed by atoms with Gasteiger partial charge in [-0.15, -0.1) is 0 Å². The van der Waals surface area contributed by atoms with Gasteiger partial charge in [0.1, 0.15) is 5.75 Å². The lowest BCUT2D eigenvalue weighted by Crippen LogP contribution is -2.45. The predicted molar refractivity (Wildman–Crippen MR) is 105 cm³/mol. The normalized spacial score (nSPS) is 14.5. The summed E-state index contributed by atoms with van der Waals surface area (Å²) in [4.78, 5) is 26.5. The molecular formula is C21H25N3O3. The number of anilines is 1. The molecule has 27 heavy (non-hydrogen) atoms. The van der Waals surface area contributed by atoms with Crippen molar-refractivity contribution in [1.29, 1.82) is 0 Å². The Bertz CT molecular complexity index is 754. The second-order valence-electron chi connectivity index (χ2n) is 6.62. The number of piperidine rings is 1. The minimum atomic E-state index is -0.0901. The van der Waals surface area contributed by atoms with E-state index in [1.54, 1.807) is 12.0 Å². The lowest BCUT2D eigenvalue weighted by molar-refractivity contribution is -0.121. The number of benzene rings is 2. The van der Waals surface area contributed by atoms with E-state index in [1.165, 1.54) is 0 Å². The highest BCUT2D eigenvalue weighted by atomic mass is 16.5. The first-order valence-corrected chi connectivity index (χ1v) is 9.17. The highest BCUT2D eigenvalue weighted by Crippen LogP contribution is 2.19. The average molecular weight is 367 g/mol. The van der Waals surface area contributed by atoms with E-state index in [0.29, 0.717) is 32.5 Å². The zero-order valence-corrected chi connectivity index (χ0v) is 15.5. The molecule has 6 heteroatoms. The van der Waals surface area contributed by atoms with Gasteiger partial charge in [-0.25, -0.2) is 4.79 Å². The zero-order chi connectivity index (χ0) is 19.1. The van der Waals surface area contributed by atoms with Crippen LogP contribution in [0.3, 0.4) is 0 Å². The maximum Gasteiger partial charge on any atom is 0.317 e. The summed E-state index contributed by atoms with van der Waals surface area (Å²) in [6.45, 7) is 1.64. The fraction of sp³-hybridized carbons (Fsp3) is 0.333. The minimum absolute atomic E-state index is 0.0273. The van der Waals surface area contributed by atoms with Crippen LogP contribution < -0.4 is 15.4 Å². The van der Waals surface area contributed by atoms with Crippen molar-refractivity contribution in [1.82, 2.24) is 10.2 Å². The van der Waals surface area contributed by atoms with Gasteiger partial charge in [-0.05, 0) is 42.7 Å². The Kier molecular flexibility index (Phi) is 6.30. The van der Waals surface area contributed by atoms with Crippen LogP contribution in [0.15, 0.2) is 54.6 Å². The van der Waals surface area contributed by atoms with Gasteiger partial charge in [0.05, 0.1) is 7.11 Å². The number of urea groups is 1. The molecule has 0 aliphatic carbocycles. The molecule has 1 heterocycles. The Labute approximate surface area is 159 Å². The summed E-state index contributed by atoms with van der Waals surface area (Å²) < 4.78 is 5.13. The van der Waals surface area contributed by atoms with Crippen molar-refractivity contribution >= 4 is 17.6 Å². The summed E-state index contributed by atoms with van der Waals surface area (Å²) in [7, 11) is 1.63. The van der Waals surface area contributed by atoms with E-state index >= 15 is 0 Å². The molecule has 0 bridgehead atoms. The molecule has 0 radical (unpaired) electrons. The van der Waals surface area contributed by atoms with Crippen molar-refractivity contribution in [3.05, 3.63) is 60.2 Å². The van der Waals surface area contributed by atoms with Crippen molar-refractivity contribution in [3.63, 3.8) is 0 Å². The second-order valence-corrected chi connectivity index (χ2v) is 6.62. The van der Waals surface area contributed by atoms with Crippen LogP contribution in [0.2, 0.25) is 0 Å². The van der Waals surface area contributed by atoms with Crippen LogP contribution in [0.1, 0.15) is 18.4 Å². The number of hydrogen-bond acceptors (Lipinski definition) is 3. The number of likely N-dealkylation sites (tertiary alicyclic amines) is 1. The molecule has 1 saturated heterocycles. The zero-order valence-electron chi connectivity index (χ0n) is 15.5. The van der Waals surface area contributed by atoms with E-state index in [0.717, 1.165) is 17.0 Å². The van der Waals surface area contributed by atoms with Gasteiger partial charge in [-0.3, -0.25) is 4.79 Å². The van der Waals surface area contributed by atoms with E-state index in [4.69, 9.17) is 4.74 Å². The first kappa shape index (κ1) is 18.8. The Balaban J connectivity index is 1.42. The maximum atomic E-state index is 12.4. The summed E-state index contributed by atoms with van der Waals surface area (Å²) in [5.74, 6) is 0.760. The number of ether oxygens (including phenoxy) is 1. The van der Waals surface area contributed by atoms with Crippen molar-refractivity contribution in [3.8, 4) is 5.75 Å². The topological polar surface area (TPSA) is 70.7 Å². The highest BCUT2D eigenvalue weighted by Gasteiger charge is 2.27. The van der Waals surface area contributed by atoms with Crippen LogP contribution in [-0.2, 0) is 11.3 Å². The van der Waals surface area contributed by atoms with Crippen LogP contribution in [-0.4, -0.2) is 37.0 Å². The van der Waals surface area contributed by atoms with Gasteiger partial charge in [0, 0.05) is 31.2 Å². The first-order chi connectivity index (χ1) is 13.2. The number of carbonyl (C=O) groups is 2. The summed E-state index contributed by atoms with van der Waals surface area (Å²) >= 11 is 0. The van der Waals surface area contributed by atoms with E-state index < -0.39 is 0 Å². The van der Waals surface area contributed by atoms with Crippen LogP contribution in [0, 0.1) is 5.92 Å². The van der Waals surface area contributed by atoms with Gasteiger partial charge in [0.2, 0.25) is 5.91 Å². The average Bonchev–Trinajstić information content (AvgIpc) is 2.73. The summed E-state index contributed by atoms with van der Waals surface area (Å²) in [6.07, 6.45) is 1.35. The number of hydrogen-bond donors (Lipinski definition) is 2. The molecule has 1 aliphatic heterocycles. The van der Waals surface area contributed by atoms with Gasteiger partial charge in [0.15, 0.2) is 0 Å². The Morgan fingerprint density at radius 3 is 2.33 bits per heavy atom. The van der Waals surface area contributed by atoms with Crippen molar-refractivity contribution < 1.29 is 14.3 Å². The van der Waals surface area contributed by atoms with Crippen molar-refractivity contribution in [2.45, 2.75) is 19.4 Å². The van der Waals surface area contributed by atoms with Gasteiger partial charge in [-0.1, -0.05) is 30.3 Å². The van der Waals surface area contributed by atoms with Crippen LogP contribution >= 0.6 is 0 Å². The molecular weight excluding hydrogens is 342 g/mol. The minimum Gasteiger partial charge on any atom is -0.497 e. The van der Waals surface area contributed by atoms with Crippen LogP contribution in [0.4, 0.5) is 10.5 Å². The van der Waals surface area contributed by atoms with E-state index in [2.05, 4.69) is 10.6 Å². The smallest absolute Gasteiger partial charge is 0.317 e. The number of carbonyl (C=O) groups excluding carboxylic acids is 2. The first-order valence-electron chi connectivity index (χ1n) is 9.17. The molecule has 0 unspecified atom stereocenters. The Morgan fingerprint density at radius 2 is 1.70 bits per heavy atom. The molecule has 1 fully saturated rings. The molecule has 0 saturated carbocycles. The summed E-state index contributed by atoms with van der Waals surface area (Å²) in [5, 5.41) is 5.88. The monoisotopic (exact) mass is 367 g/mol. The molecule has 2 N–H and O–H groups in total. The predicted octanol–water partition coefficient (Wildman–Crippen LogP) is 3.26. The number of nitrogens with one attached hydrogen (secondary N) is 2. The van der Waals surface area contributed by atoms with E-state index in [9.17, 15) is 9.59 Å². The highest BCUT2D eigenvalue weighted by molar-refractivity contribution is 5.92. The van der Waals surface area contributed by atoms with Crippen LogP contribution in [0.25, 0.3) is 0 Å². The summed E-state index contributed by atoms with van der Waals surface area (Å²) in [5.41, 5.74) is 1.82. The standard InChI is InChI=1S/C21H25N3O3/c1-27-19-9-7-16(8-10-19)15-22-21(26)24-13-11-17(12-14-24)20(25)23-18-5-3-2-4-6-18/h2-10,17H,11-15H2,1H3,(H,22,26)(H,23,25). The number of methoxy groups -OCH3 is 1. The molecule has 6 nitrogen and oxygen atoms in total. The third-order valence-electron chi connectivity index (χ3n) is 4.80. The largest absolute Gasteiger partial charge is 0.497 e. The lowest BCUT2D eigenvalue weighted by atomic mass is 9.96. The lowest BCUT2D eigenvalue weighted by Gasteiger charge is -2.31. The molecule has 0 aromatic heterocycles. The quantitative estimate of drug-likeness (QED) is 0.852.